The second-order valence-electron chi connectivity index (χ2n) is 16.3. The van der Waals surface area contributed by atoms with E-state index in [1.165, 1.54) is 0 Å². The van der Waals surface area contributed by atoms with Crippen LogP contribution in [0.25, 0.3) is 0 Å². The van der Waals surface area contributed by atoms with Crippen LogP contribution in [0.4, 0.5) is 0 Å². The first kappa shape index (κ1) is 50.7. The van der Waals surface area contributed by atoms with Crippen LogP contribution in [0.3, 0.4) is 0 Å². The average molecular weight is 943 g/mol. The minimum absolute atomic E-state index is 0.497. The Morgan fingerprint density at radius 3 is 1.08 bits per heavy atom. The van der Waals surface area contributed by atoms with Gasteiger partial charge in [0.2, 0.25) is 0 Å². The van der Waals surface area contributed by atoms with Gasteiger partial charge in [0.1, 0.15) is 128 Å². The van der Waals surface area contributed by atoms with Gasteiger partial charge in [0.25, 0.3) is 0 Å². The molecule has 0 saturated carbocycles. The van der Waals surface area contributed by atoms with Gasteiger partial charge in [-0.2, -0.15) is 0 Å². The second kappa shape index (κ2) is 21.6. The highest BCUT2D eigenvalue weighted by atomic mass is 16.8. The van der Waals surface area contributed by atoms with Crippen molar-refractivity contribution in [1.29, 1.82) is 0 Å². The van der Waals surface area contributed by atoms with E-state index in [0.29, 0.717) is 0 Å². The van der Waals surface area contributed by atoms with Crippen molar-refractivity contribution < 1.29 is 143 Å². The monoisotopic (exact) mass is 942 g/mol. The van der Waals surface area contributed by atoms with Crippen LogP contribution in [-0.4, -0.2) is 300 Å². The molecule has 372 valence electrons. The Bertz CT molecular complexity index is 1460. The normalized spacial score (nSPS) is 53.1. The van der Waals surface area contributed by atoms with Crippen molar-refractivity contribution >= 4 is 0 Å². The molecule has 0 aromatic rings. The van der Waals surface area contributed by atoms with Crippen LogP contribution < -0.4 is 0 Å². The SMILES string of the molecule is OC[C@H]1O[C@@H](O[C@@H]2[C@@H](OC[C@H]3O[C@H](OC[C@H]4O[C@H](OC[C@H]5O[C@H](O)[C@@H](O)[C@@H]5O)[C@@H](O)[C@@H]4O)[C@@H](O)[C@@H]3O[C@H]3O[C@H](CO)[C@@H](O)[C@@H]3O[C@@H]3O[C@H](CO)[C@@H](O)[C@@H]3O)O[C@H](CO)[C@H]2O)[C@@H](O)[C@@H]1O. The van der Waals surface area contributed by atoms with Crippen molar-refractivity contribution in [2.24, 2.45) is 0 Å². The lowest BCUT2D eigenvalue weighted by Crippen LogP contribution is -2.48. The molecule has 64 heavy (non-hydrogen) atoms. The zero-order valence-electron chi connectivity index (χ0n) is 33.6. The number of hydrogen-bond acceptors (Lipinski definition) is 29. The summed E-state index contributed by atoms with van der Waals surface area (Å²) in [6, 6.07) is 0. The number of ether oxygens (including phenoxy) is 13. The maximum atomic E-state index is 11.6. The predicted octanol–water partition coefficient (Wildman–Crippen LogP) is -11.8. The van der Waals surface area contributed by atoms with E-state index in [1.54, 1.807) is 0 Å². The van der Waals surface area contributed by atoms with Gasteiger partial charge in [-0.15, -0.1) is 0 Å². The van der Waals surface area contributed by atoms with Gasteiger partial charge in [0.15, 0.2) is 44.0 Å². The summed E-state index contributed by atoms with van der Waals surface area (Å²) >= 11 is 0. The molecule has 7 aliphatic rings. The van der Waals surface area contributed by atoms with E-state index in [2.05, 4.69) is 0 Å². The van der Waals surface area contributed by atoms with Gasteiger partial charge in [-0.05, 0) is 0 Å². The minimum atomic E-state index is -1.84. The van der Waals surface area contributed by atoms with Gasteiger partial charge < -0.3 is 143 Å². The summed E-state index contributed by atoms with van der Waals surface area (Å²) in [6.45, 7) is -4.71. The first-order valence-corrected chi connectivity index (χ1v) is 20.5. The molecule has 0 spiro atoms. The average Bonchev–Trinajstić information content (AvgIpc) is 4.11. The lowest BCUT2D eigenvalue weighted by molar-refractivity contribution is -0.270. The predicted molar refractivity (Wildman–Crippen MR) is 190 cm³/mol. The number of aliphatic hydroxyl groups is 16. The number of aliphatic hydroxyl groups excluding tert-OH is 16. The molecule has 0 aromatic heterocycles. The highest BCUT2D eigenvalue weighted by molar-refractivity contribution is 4.97. The molecular weight excluding hydrogens is 884 g/mol. The molecule has 0 aliphatic carbocycles. The largest absolute Gasteiger partial charge is 0.394 e. The maximum absolute atomic E-state index is 11.6. The quantitative estimate of drug-likeness (QED) is 0.0572. The Hall–Kier alpha value is -1.16. The minimum Gasteiger partial charge on any atom is -0.394 e. The van der Waals surface area contributed by atoms with Gasteiger partial charge in [0, 0.05) is 0 Å². The van der Waals surface area contributed by atoms with E-state index >= 15 is 0 Å². The zero-order chi connectivity index (χ0) is 46.3. The molecule has 16 N–H and O–H groups in total. The van der Waals surface area contributed by atoms with Gasteiger partial charge in [-0.3, -0.25) is 0 Å². The van der Waals surface area contributed by atoms with Crippen LogP contribution in [0.5, 0.6) is 0 Å². The van der Waals surface area contributed by atoms with Crippen molar-refractivity contribution in [3.63, 3.8) is 0 Å². The van der Waals surface area contributed by atoms with E-state index in [4.69, 9.17) is 61.6 Å². The summed E-state index contributed by atoms with van der Waals surface area (Å²) in [5.41, 5.74) is 0. The lowest BCUT2D eigenvalue weighted by atomic mass is 10.1. The highest BCUT2D eigenvalue weighted by Gasteiger charge is 2.57. The fourth-order valence-corrected chi connectivity index (χ4v) is 8.23. The lowest BCUT2D eigenvalue weighted by Gasteiger charge is -2.30. The Kier molecular flexibility index (Phi) is 17.1. The Morgan fingerprint density at radius 1 is 0.266 bits per heavy atom. The Balaban J connectivity index is 1.05. The van der Waals surface area contributed by atoms with E-state index in [0.717, 1.165) is 0 Å². The molecule has 7 aliphatic heterocycles. The molecule has 0 aromatic carbocycles. The summed E-state index contributed by atoms with van der Waals surface area (Å²) in [6.07, 6.45) is -43.8. The Labute approximate surface area is 361 Å². The molecule has 7 rings (SSSR count). The van der Waals surface area contributed by atoms with Crippen LogP contribution in [0.2, 0.25) is 0 Å². The number of hydrogen-bond donors (Lipinski definition) is 16. The van der Waals surface area contributed by atoms with Crippen molar-refractivity contribution in [2.45, 2.75) is 172 Å². The molecule has 0 bridgehead atoms. The van der Waals surface area contributed by atoms with Crippen molar-refractivity contribution in [3.8, 4) is 0 Å². The van der Waals surface area contributed by atoms with E-state index in [9.17, 15) is 81.7 Å². The standard InChI is InChI=1S/C35H58O29/c36-1-8-15(40)23(48)32(56-8)63-27-19(44)10(3-38)58-34(27)54-7-14-26(62-35-28(20(45)11(4-39)59-35)64-33-24(49)16(41)9(2-37)57-33)25(50)31(61-14)53-6-13-18(43)22(47)30(60-13)52-5-12-17(42)21(46)29(51)55-12/h8-51H,1-7H2/t8-,9-,10-,11-,12-,13-,14-,15-,16-,17-,18-,19-,20-,21+,22+,23+,24+,25+,26-,27+,28+,29+,30+,31+,32+,33+,34+,35-/m1/s1. The zero-order valence-corrected chi connectivity index (χ0v) is 33.6. The van der Waals surface area contributed by atoms with Gasteiger partial charge in [0.05, 0.1) is 46.2 Å². The highest BCUT2D eigenvalue weighted by Crippen LogP contribution is 2.37. The molecule has 0 unspecified atom stereocenters. The van der Waals surface area contributed by atoms with Crippen molar-refractivity contribution in [3.05, 3.63) is 0 Å². The molecule has 7 fully saturated rings. The Morgan fingerprint density at radius 2 is 0.594 bits per heavy atom. The first-order valence-electron chi connectivity index (χ1n) is 20.5. The molecule has 0 radical (unpaired) electrons. The molecule has 29 heteroatoms. The molecular formula is C35H58O29. The summed E-state index contributed by atoms with van der Waals surface area (Å²) in [4.78, 5) is 0. The maximum Gasteiger partial charge on any atom is 0.187 e. The molecule has 29 nitrogen and oxygen atoms in total. The van der Waals surface area contributed by atoms with E-state index in [-0.39, 0.29) is 0 Å². The third kappa shape index (κ3) is 10.2. The molecule has 7 saturated heterocycles. The van der Waals surface area contributed by atoms with Crippen molar-refractivity contribution in [1.82, 2.24) is 0 Å². The van der Waals surface area contributed by atoms with Gasteiger partial charge in [-0.1, -0.05) is 0 Å². The molecule has 7 heterocycles. The van der Waals surface area contributed by atoms with E-state index < -0.39 is 218 Å². The summed E-state index contributed by atoms with van der Waals surface area (Å²) < 4.78 is 73.2. The van der Waals surface area contributed by atoms with Crippen LogP contribution in [0.15, 0.2) is 0 Å². The van der Waals surface area contributed by atoms with Gasteiger partial charge in [-0.25, -0.2) is 0 Å². The van der Waals surface area contributed by atoms with E-state index in [1.807, 2.05) is 0 Å². The van der Waals surface area contributed by atoms with Gasteiger partial charge >= 0.3 is 0 Å². The third-order valence-electron chi connectivity index (χ3n) is 12.0. The molecule has 28 atom stereocenters. The smallest absolute Gasteiger partial charge is 0.187 e. The van der Waals surface area contributed by atoms with Crippen LogP contribution in [0.1, 0.15) is 0 Å². The second-order valence-corrected chi connectivity index (χ2v) is 16.3. The van der Waals surface area contributed by atoms with Crippen LogP contribution in [0, 0.1) is 0 Å². The van der Waals surface area contributed by atoms with Crippen LogP contribution in [-0.2, 0) is 61.6 Å². The summed E-state index contributed by atoms with van der Waals surface area (Å²) in [7, 11) is 0. The summed E-state index contributed by atoms with van der Waals surface area (Å²) in [5.74, 6) is 0. The van der Waals surface area contributed by atoms with Crippen molar-refractivity contribution in [2.75, 3.05) is 46.2 Å². The van der Waals surface area contributed by atoms with Crippen LogP contribution >= 0.6 is 0 Å². The fraction of sp³-hybridized carbons (Fsp3) is 1.00. The summed E-state index contributed by atoms with van der Waals surface area (Å²) in [5, 5.41) is 165. The number of rotatable bonds is 19. The topological polar surface area (TPSA) is 444 Å². The first-order chi connectivity index (χ1) is 30.5. The fourth-order valence-electron chi connectivity index (χ4n) is 8.23. The third-order valence-corrected chi connectivity index (χ3v) is 12.0. The molecule has 0 amide bonds.